The maximum atomic E-state index is 5.95. The van der Waals surface area contributed by atoms with Crippen molar-refractivity contribution in [3.05, 3.63) is 11.8 Å². The van der Waals surface area contributed by atoms with Crippen molar-refractivity contribution in [3.63, 3.8) is 0 Å². The van der Waals surface area contributed by atoms with Crippen LogP contribution in [0.5, 0.6) is 0 Å². The molecule has 0 radical (unpaired) electrons. The van der Waals surface area contributed by atoms with E-state index in [1.807, 2.05) is 6.92 Å². The molecule has 0 aliphatic heterocycles. The first-order valence-electron chi connectivity index (χ1n) is 4.52. The van der Waals surface area contributed by atoms with E-state index in [1.165, 1.54) is 0 Å². The minimum atomic E-state index is -1.42. The van der Waals surface area contributed by atoms with Gasteiger partial charge in [0.1, 0.15) is 0 Å². The third-order valence-corrected chi connectivity index (χ3v) is 2.25. The Morgan fingerprint density at radius 3 is 1.67 bits per heavy atom. The number of hydrogen-bond acceptors (Lipinski definition) is 1. The topological polar surface area (TPSA) is 9.23 Å². The number of allylic oxidation sites excluding steroid dienone is 2. The summed E-state index contributed by atoms with van der Waals surface area (Å²) in [7, 11) is -1.42. The van der Waals surface area contributed by atoms with E-state index in [0.717, 1.165) is 5.76 Å². The fourth-order valence-corrected chi connectivity index (χ4v) is 2.06. The fourth-order valence-electron chi connectivity index (χ4n) is 0.975. The summed E-state index contributed by atoms with van der Waals surface area (Å²) in [5.74, 6) is 1.13. The van der Waals surface area contributed by atoms with E-state index < -0.39 is 8.32 Å². The molecule has 0 heterocycles. The van der Waals surface area contributed by atoms with E-state index in [0.29, 0.717) is 0 Å². The van der Waals surface area contributed by atoms with Crippen molar-refractivity contribution in [2.24, 2.45) is 5.41 Å². The van der Waals surface area contributed by atoms with Gasteiger partial charge < -0.3 is 4.43 Å². The molecule has 72 valence electrons. The van der Waals surface area contributed by atoms with E-state index in [2.05, 4.69) is 46.5 Å². The lowest BCUT2D eigenvalue weighted by atomic mass is 9.94. The lowest BCUT2D eigenvalue weighted by Crippen LogP contribution is -2.29. The highest BCUT2D eigenvalue weighted by molar-refractivity contribution is 6.70. The quantitative estimate of drug-likeness (QED) is 0.471. The van der Waals surface area contributed by atoms with Crippen molar-refractivity contribution >= 4 is 8.32 Å². The Kier molecular flexibility index (Phi) is 3.57. The van der Waals surface area contributed by atoms with Gasteiger partial charge in [0.2, 0.25) is 8.32 Å². The second-order valence-corrected chi connectivity index (χ2v) is 9.55. The molecule has 0 atom stereocenters. The summed E-state index contributed by atoms with van der Waals surface area (Å²) < 4.78 is 5.95. The van der Waals surface area contributed by atoms with Crippen molar-refractivity contribution in [3.8, 4) is 0 Å². The Bertz CT molecular complexity index is 169. The van der Waals surface area contributed by atoms with E-state index in [1.54, 1.807) is 0 Å². The summed E-state index contributed by atoms with van der Waals surface area (Å²) in [5.41, 5.74) is 0.148. The third-order valence-electron chi connectivity index (χ3n) is 1.42. The molecule has 0 spiro atoms. The standard InChI is InChI=1S/C10H22OSi/c1-8-9(10(2,3)4)11-12(5,6)7/h8H,1-7H3/b9-8-. The van der Waals surface area contributed by atoms with Crippen LogP contribution in [0.1, 0.15) is 27.7 Å². The monoisotopic (exact) mass is 186 g/mol. The van der Waals surface area contributed by atoms with Gasteiger partial charge in [0.25, 0.3) is 0 Å². The Morgan fingerprint density at radius 2 is 1.58 bits per heavy atom. The predicted molar refractivity (Wildman–Crippen MR) is 57.6 cm³/mol. The van der Waals surface area contributed by atoms with Gasteiger partial charge in [0.15, 0.2) is 0 Å². The summed E-state index contributed by atoms with van der Waals surface area (Å²) in [4.78, 5) is 0. The lowest BCUT2D eigenvalue weighted by molar-refractivity contribution is 0.288. The molecule has 0 bridgehead atoms. The zero-order chi connectivity index (χ0) is 9.99. The van der Waals surface area contributed by atoms with Gasteiger partial charge in [0, 0.05) is 5.41 Å². The molecule has 0 aromatic heterocycles. The lowest BCUT2D eigenvalue weighted by Gasteiger charge is -2.30. The van der Waals surface area contributed by atoms with Crippen LogP contribution in [0.25, 0.3) is 0 Å². The van der Waals surface area contributed by atoms with Gasteiger partial charge in [-0.05, 0) is 26.6 Å². The first kappa shape index (κ1) is 11.8. The molecule has 0 saturated carbocycles. The minimum Gasteiger partial charge on any atom is -0.547 e. The molecule has 1 nitrogen and oxygen atoms in total. The number of hydrogen-bond donors (Lipinski definition) is 0. The second kappa shape index (κ2) is 3.65. The van der Waals surface area contributed by atoms with Crippen LogP contribution in [-0.4, -0.2) is 8.32 Å². The van der Waals surface area contributed by atoms with Gasteiger partial charge in [-0.2, -0.15) is 0 Å². The molecule has 12 heavy (non-hydrogen) atoms. The van der Waals surface area contributed by atoms with Gasteiger partial charge in [-0.25, -0.2) is 0 Å². The van der Waals surface area contributed by atoms with Gasteiger partial charge in [-0.1, -0.05) is 26.8 Å². The van der Waals surface area contributed by atoms with Crippen LogP contribution < -0.4 is 0 Å². The molecular formula is C10H22OSi. The SMILES string of the molecule is C/C=C(\O[Si](C)(C)C)C(C)(C)C. The van der Waals surface area contributed by atoms with E-state index in [-0.39, 0.29) is 5.41 Å². The second-order valence-electron chi connectivity index (χ2n) is 5.12. The van der Waals surface area contributed by atoms with Gasteiger partial charge in [0.05, 0.1) is 5.76 Å². The third kappa shape index (κ3) is 4.60. The Balaban J connectivity index is 4.43. The first-order chi connectivity index (χ1) is 5.17. The van der Waals surface area contributed by atoms with Crippen molar-refractivity contribution in [2.75, 3.05) is 0 Å². The van der Waals surface area contributed by atoms with Crippen LogP contribution in [0.3, 0.4) is 0 Å². The zero-order valence-electron chi connectivity index (χ0n) is 9.49. The molecule has 0 fully saturated rings. The van der Waals surface area contributed by atoms with Gasteiger partial charge in [-0.15, -0.1) is 0 Å². The van der Waals surface area contributed by atoms with Crippen LogP contribution in [0.2, 0.25) is 19.6 Å². The Labute approximate surface area is 78.0 Å². The summed E-state index contributed by atoms with van der Waals surface area (Å²) >= 11 is 0. The Morgan fingerprint density at radius 1 is 1.17 bits per heavy atom. The van der Waals surface area contributed by atoms with Crippen LogP contribution in [0.15, 0.2) is 11.8 Å². The highest BCUT2D eigenvalue weighted by Crippen LogP contribution is 2.28. The molecule has 0 saturated heterocycles. The van der Waals surface area contributed by atoms with Crippen molar-refractivity contribution in [1.82, 2.24) is 0 Å². The zero-order valence-corrected chi connectivity index (χ0v) is 10.5. The molecule has 0 aromatic rings. The maximum Gasteiger partial charge on any atom is 0.241 e. The first-order valence-corrected chi connectivity index (χ1v) is 7.93. The van der Waals surface area contributed by atoms with Crippen molar-refractivity contribution in [2.45, 2.75) is 47.3 Å². The highest BCUT2D eigenvalue weighted by Gasteiger charge is 2.24. The largest absolute Gasteiger partial charge is 0.547 e. The molecule has 0 aromatic carbocycles. The summed E-state index contributed by atoms with van der Waals surface area (Å²) in [5, 5.41) is 0. The number of rotatable bonds is 2. The normalized spacial score (nSPS) is 14.8. The molecule has 0 aliphatic rings. The van der Waals surface area contributed by atoms with Crippen molar-refractivity contribution in [1.29, 1.82) is 0 Å². The van der Waals surface area contributed by atoms with E-state index in [9.17, 15) is 0 Å². The summed E-state index contributed by atoms with van der Waals surface area (Å²) in [6.45, 7) is 15.2. The molecular weight excluding hydrogens is 164 g/mol. The van der Waals surface area contributed by atoms with Crippen molar-refractivity contribution < 1.29 is 4.43 Å². The molecule has 0 rings (SSSR count). The smallest absolute Gasteiger partial charge is 0.241 e. The van der Waals surface area contributed by atoms with Gasteiger partial charge >= 0.3 is 0 Å². The molecule has 0 N–H and O–H groups in total. The Hall–Kier alpha value is -0.243. The van der Waals surface area contributed by atoms with E-state index in [4.69, 9.17) is 4.43 Å². The molecule has 0 aliphatic carbocycles. The van der Waals surface area contributed by atoms with Crippen LogP contribution in [0, 0.1) is 5.41 Å². The van der Waals surface area contributed by atoms with Crippen LogP contribution in [0.4, 0.5) is 0 Å². The van der Waals surface area contributed by atoms with E-state index >= 15 is 0 Å². The average Bonchev–Trinajstić information content (AvgIpc) is 1.78. The predicted octanol–water partition coefficient (Wildman–Crippen LogP) is 3.79. The fraction of sp³-hybridized carbons (Fsp3) is 0.800. The molecule has 0 amide bonds. The van der Waals surface area contributed by atoms with Crippen LogP contribution in [-0.2, 0) is 4.43 Å². The van der Waals surface area contributed by atoms with Crippen LogP contribution >= 0.6 is 0 Å². The minimum absolute atomic E-state index is 0.148. The maximum absolute atomic E-state index is 5.95. The average molecular weight is 186 g/mol. The highest BCUT2D eigenvalue weighted by atomic mass is 28.4. The summed E-state index contributed by atoms with van der Waals surface area (Å²) in [6, 6.07) is 0. The molecule has 2 heteroatoms. The molecule has 0 unspecified atom stereocenters. The van der Waals surface area contributed by atoms with Gasteiger partial charge in [-0.3, -0.25) is 0 Å². The summed E-state index contributed by atoms with van der Waals surface area (Å²) in [6.07, 6.45) is 2.08.